The smallest absolute Gasteiger partial charge is 0.545 e. The molecule has 0 spiro atoms. The summed E-state index contributed by atoms with van der Waals surface area (Å²) in [6, 6.07) is 5.27. The van der Waals surface area contributed by atoms with E-state index in [2.05, 4.69) is 0 Å². The topological polar surface area (TPSA) is 175 Å². The van der Waals surface area contributed by atoms with Crippen LogP contribution in [0.25, 0.3) is 0 Å². The van der Waals surface area contributed by atoms with Crippen molar-refractivity contribution in [3.05, 3.63) is 69.8 Å². The Balaban J connectivity index is 0. The van der Waals surface area contributed by atoms with Gasteiger partial charge in [-0.25, -0.2) is 4.79 Å². The molecule has 2 aromatic rings. The number of benzene rings is 2. The molecule has 0 saturated heterocycles. The second-order valence-corrected chi connectivity index (χ2v) is 5.02. The molecule has 12 heteroatoms. The number of hydrogen-bond acceptors (Lipinski definition) is 8. The van der Waals surface area contributed by atoms with Crippen LogP contribution in [0.5, 0.6) is 0 Å². The van der Waals surface area contributed by atoms with E-state index in [-0.39, 0.29) is 165 Å². The molecule has 0 aliphatic carbocycles. The molecule has 0 heterocycles. The Morgan fingerprint density at radius 2 is 0.931 bits per heavy atom. The van der Waals surface area contributed by atoms with Gasteiger partial charge in [-0.3, -0.25) is 4.79 Å². The molecule has 0 bridgehead atoms. The number of ketones is 1. The quantitative estimate of drug-likeness (QED) is 0.316. The Bertz CT molecular complexity index is 909. The molecule has 0 saturated carbocycles. The van der Waals surface area contributed by atoms with Crippen LogP contribution in [0.2, 0.25) is 0 Å². The van der Waals surface area contributed by atoms with E-state index in [4.69, 9.17) is 5.11 Å². The third kappa shape index (κ3) is 8.07. The van der Waals surface area contributed by atoms with E-state index in [1.54, 1.807) is 0 Å². The normalized spacial score (nSPS) is 9.10. The molecule has 9 nitrogen and oxygen atoms in total. The average Bonchev–Trinajstić information content (AvgIpc) is 2.59. The second kappa shape index (κ2) is 14.1. The molecule has 0 aliphatic rings. The second-order valence-electron chi connectivity index (χ2n) is 5.02. The molecule has 132 valence electrons. The van der Waals surface area contributed by atoms with Crippen molar-refractivity contribution in [2.24, 2.45) is 0 Å². The van der Waals surface area contributed by atoms with E-state index in [1.165, 1.54) is 0 Å². The Morgan fingerprint density at radius 1 is 0.586 bits per heavy atom. The van der Waals surface area contributed by atoms with Crippen LogP contribution in [0.3, 0.4) is 0 Å². The van der Waals surface area contributed by atoms with Gasteiger partial charge >= 0.3 is 160 Å². The molecule has 0 atom stereocenters. The maximum Gasteiger partial charge on any atom is 1.00 e. The van der Waals surface area contributed by atoms with Gasteiger partial charge in [-0.1, -0.05) is 18.2 Å². The van der Waals surface area contributed by atoms with Gasteiger partial charge in [-0.15, -0.1) is 0 Å². The Morgan fingerprint density at radius 3 is 1.28 bits per heavy atom. The number of rotatable bonds is 6. The Kier molecular flexibility index (Phi) is 15.6. The number of carboxylic acids is 4. The zero-order valence-electron chi connectivity index (χ0n) is 15.7. The first-order valence-electron chi connectivity index (χ1n) is 6.83. The predicted octanol–water partition coefficient (Wildman–Crippen LogP) is -11.3. The van der Waals surface area contributed by atoms with Crippen molar-refractivity contribution in [1.29, 1.82) is 0 Å². The Hall–Kier alpha value is 0.899. The van der Waals surface area contributed by atoms with Crippen molar-refractivity contribution >= 4 is 29.7 Å². The molecule has 0 fully saturated rings. The molecule has 0 aliphatic heterocycles. The third-order valence-electron chi connectivity index (χ3n) is 3.45. The number of hydrogen-bond donors (Lipinski definition) is 1. The monoisotopic (exact) mass is 472 g/mol. The summed E-state index contributed by atoms with van der Waals surface area (Å²) in [6.45, 7) is 0. The summed E-state index contributed by atoms with van der Waals surface area (Å²) < 4.78 is 0. The van der Waals surface area contributed by atoms with Gasteiger partial charge in [0.1, 0.15) is 0 Å². The first kappa shape index (κ1) is 32.1. The van der Waals surface area contributed by atoms with Gasteiger partial charge in [0.25, 0.3) is 0 Å². The number of carboxylic acid groups (broad SMARTS) is 4. The van der Waals surface area contributed by atoms with E-state index in [1.807, 2.05) is 0 Å². The predicted molar refractivity (Wildman–Crippen MR) is 76.3 cm³/mol. The summed E-state index contributed by atoms with van der Waals surface area (Å²) in [5, 5.41) is 41.9. The van der Waals surface area contributed by atoms with Gasteiger partial charge in [0.2, 0.25) is 0 Å². The molecule has 0 amide bonds. The van der Waals surface area contributed by atoms with Crippen LogP contribution in [0, 0.1) is 0 Å². The van der Waals surface area contributed by atoms with E-state index < -0.39 is 51.9 Å². The third-order valence-corrected chi connectivity index (χ3v) is 3.45. The summed E-state index contributed by atoms with van der Waals surface area (Å²) in [4.78, 5) is 56.4. The SMILES string of the molecule is O=C(c1ccc(C(=O)[O-])c(C(=O)[O-])c1)c1ccc(C(=O)O)c(C(=O)[O-])c1.[K+].[K+].[K+]. The van der Waals surface area contributed by atoms with Crippen molar-refractivity contribution in [2.75, 3.05) is 0 Å². The fourth-order valence-electron chi connectivity index (χ4n) is 2.24. The van der Waals surface area contributed by atoms with Crippen LogP contribution in [-0.4, -0.2) is 34.8 Å². The summed E-state index contributed by atoms with van der Waals surface area (Å²) in [7, 11) is 0. The van der Waals surface area contributed by atoms with Gasteiger partial charge in [0, 0.05) is 27.8 Å². The van der Waals surface area contributed by atoms with Crippen molar-refractivity contribution in [1.82, 2.24) is 0 Å². The first-order valence-corrected chi connectivity index (χ1v) is 6.83. The minimum absolute atomic E-state index is 0. The molecule has 1 N–H and O–H groups in total. The molecule has 0 unspecified atom stereocenters. The Labute approximate surface area is 291 Å². The van der Waals surface area contributed by atoms with Crippen LogP contribution in [0.1, 0.15) is 57.4 Å². The van der Waals surface area contributed by atoms with Crippen LogP contribution in [0.15, 0.2) is 36.4 Å². The molecular formula is C17H7K3O9. The maximum absolute atomic E-state index is 12.4. The number of aromatic carboxylic acids is 4. The van der Waals surface area contributed by atoms with Gasteiger partial charge in [0.05, 0.1) is 23.5 Å². The van der Waals surface area contributed by atoms with Gasteiger partial charge in [0.15, 0.2) is 5.78 Å². The molecule has 2 rings (SSSR count). The van der Waals surface area contributed by atoms with Crippen molar-refractivity contribution in [3.8, 4) is 0 Å². The molecule has 0 radical (unpaired) electrons. The molecule has 0 aromatic heterocycles. The average molecular weight is 473 g/mol. The van der Waals surface area contributed by atoms with Crippen molar-refractivity contribution in [3.63, 3.8) is 0 Å². The van der Waals surface area contributed by atoms with Crippen molar-refractivity contribution in [2.45, 2.75) is 0 Å². The van der Waals surface area contributed by atoms with E-state index >= 15 is 0 Å². The van der Waals surface area contributed by atoms with Crippen LogP contribution in [0.4, 0.5) is 0 Å². The maximum atomic E-state index is 12.4. The summed E-state index contributed by atoms with van der Waals surface area (Å²) >= 11 is 0. The molecule has 2 aromatic carbocycles. The van der Waals surface area contributed by atoms with Gasteiger partial charge in [-0.2, -0.15) is 0 Å². The van der Waals surface area contributed by atoms with E-state index in [0.29, 0.717) is 0 Å². The minimum Gasteiger partial charge on any atom is -0.545 e. The summed E-state index contributed by atoms with van der Waals surface area (Å²) in [5.74, 6) is -7.86. The standard InChI is InChI=1S/C17H10O9.3K/c18-13(7-1-3-9(14(19)20)11(5-7)16(23)24)8-2-4-10(15(21)22)12(6-8)17(25)26;;;/h1-6H,(H,19,20)(H,21,22)(H,23,24)(H,25,26);;;/q;3*+1/p-3. The molecule has 29 heavy (non-hydrogen) atoms. The van der Waals surface area contributed by atoms with Crippen LogP contribution < -0.4 is 169 Å². The van der Waals surface area contributed by atoms with Gasteiger partial charge in [-0.05, 0) is 18.2 Å². The van der Waals surface area contributed by atoms with E-state index in [9.17, 15) is 39.3 Å². The van der Waals surface area contributed by atoms with Crippen LogP contribution in [-0.2, 0) is 0 Å². The van der Waals surface area contributed by atoms with Crippen LogP contribution >= 0.6 is 0 Å². The van der Waals surface area contributed by atoms with Gasteiger partial charge < -0.3 is 34.8 Å². The van der Waals surface area contributed by atoms with E-state index in [0.717, 1.165) is 36.4 Å². The fourth-order valence-corrected chi connectivity index (χ4v) is 2.24. The minimum atomic E-state index is -1.85. The fraction of sp³-hybridized carbons (Fsp3) is 0. The summed E-state index contributed by atoms with van der Waals surface area (Å²) in [6.07, 6.45) is 0. The summed E-state index contributed by atoms with van der Waals surface area (Å²) in [5.41, 5.74) is -3.36. The zero-order valence-corrected chi connectivity index (χ0v) is 25.0. The first-order chi connectivity index (χ1) is 12.1. The molecular weight excluding hydrogens is 465 g/mol. The largest absolute Gasteiger partial charge is 1.00 e. The number of carbonyl (C=O) groups is 5. The number of carbonyl (C=O) groups excluding carboxylic acids is 4. The van der Waals surface area contributed by atoms with Crippen molar-refractivity contribution < 1.29 is 199 Å². The zero-order chi connectivity index (χ0) is 19.6.